The van der Waals surface area contributed by atoms with Gasteiger partial charge in [-0.15, -0.1) is 0 Å². The Hall–Kier alpha value is -1.09. The number of likely N-dealkylation sites (N-methyl/N-ethyl adjacent to an activating group) is 1. The number of carbonyl (C=O) groups is 1. The van der Waals surface area contributed by atoms with Crippen molar-refractivity contribution in [1.29, 1.82) is 0 Å². The lowest BCUT2D eigenvalue weighted by atomic mass is 10.1. The molecule has 0 spiro atoms. The van der Waals surface area contributed by atoms with Gasteiger partial charge in [0.2, 0.25) is 0 Å². The molecule has 0 bridgehead atoms. The summed E-state index contributed by atoms with van der Waals surface area (Å²) in [6.45, 7) is 4.62. The molecule has 0 atom stereocenters. The van der Waals surface area contributed by atoms with Gasteiger partial charge in [-0.3, -0.25) is 9.69 Å². The number of rotatable bonds is 4. The van der Waals surface area contributed by atoms with E-state index in [1.54, 1.807) is 0 Å². The second-order valence-corrected chi connectivity index (χ2v) is 5.62. The van der Waals surface area contributed by atoms with Crippen LogP contribution in [0.25, 0.3) is 0 Å². The van der Waals surface area contributed by atoms with E-state index in [1.165, 1.54) is 25.7 Å². The smallest absolute Gasteiger partial charge is 0.178 e. The van der Waals surface area contributed by atoms with Gasteiger partial charge in [0.1, 0.15) is 0 Å². The molecule has 18 heavy (non-hydrogen) atoms. The van der Waals surface area contributed by atoms with E-state index in [0.717, 1.165) is 17.0 Å². The van der Waals surface area contributed by atoms with Gasteiger partial charge in [0.15, 0.2) is 5.78 Å². The van der Waals surface area contributed by atoms with Gasteiger partial charge in [-0.25, -0.2) is 0 Å². The summed E-state index contributed by atoms with van der Waals surface area (Å²) in [5.41, 5.74) is 3.12. The van der Waals surface area contributed by atoms with Crippen molar-refractivity contribution < 1.29 is 4.79 Å². The zero-order chi connectivity index (χ0) is 13.3. The third-order valence-electron chi connectivity index (χ3n) is 4.42. The van der Waals surface area contributed by atoms with E-state index in [1.807, 2.05) is 27.0 Å². The quantitative estimate of drug-likeness (QED) is 0.765. The molecular weight excluding hydrogens is 224 g/mol. The summed E-state index contributed by atoms with van der Waals surface area (Å²) in [4.78, 5) is 14.6. The van der Waals surface area contributed by atoms with Crippen molar-refractivity contribution in [3.8, 4) is 0 Å². The Labute approximate surface area is 110 Å². The largest absolute Gasteiger partial charge is 0.351 e. The Morgan fingerprint density at radius 2 is 2.00 bits per heavy atom. The molecule has 3 heteroatoms. The highest BCUT2D eigenvalue weighted by atomic mass is 16.1. The molecule has 3 nitrogen and oxygen atoms in total. The molecule has 1 aliphatic carbocycles. The number of carbonyl (C=O) groups excluding carboxylic acids is 1. The maximum absolute atomic E-state index is 12.3. The number of nitrogens with zero attached hydrogens (tertiary/aromatic N) is 2. The summed E-state index contributed by atoms with van der Waals surface area (Å²) in [5, 5.41) is 0. The van der Waals surface area contributed by atoms with Crippen LogP contribution in [0.2, 0.25) is 0 Å². The van der Waals surface area contributed by atoms with E-state index in [4.69, 9.17) is 0 Å². The van der Waals surface area contributed by atoms with E-state index >= 15 is 0 Å². The fraction of sp³-hybridized carbons (Fsp3) is 0.667. The maximum Gasteiger partial charge on any atom is 0.178 e. The Morgan fingerprint density at radius 3 is 2.50 bits per heavy atom. The standard InChI is InChI=1S/C15H24N2O/c1-11-9-14(12(2)17(11)4)15(18)10-16(3)13-7-5-6-8-13/h9,13H,5-8,10H2,1-4H3. The topological polar surface area (TPSA) is 25.2 Å². The van der Waals surface area contributed by atoms with Crippen LogP contribution in [-0.2, 0) is 7.05 Å². The average Bonchev–Trinajstić information content (AvgIpc) is 2.94. The van der Waals surface area contributed by atoms with Crippen LogP contribution >= 0.6 is 0 Å². The number of ketones is 1. The number of Topliss-reactive ketones (excluding diaryl/α,β-unsaturated/α-hetero) is 1. The van der Waals surface area contributed by atoms with E-state index in [2.05, 4.69) is 16.5 Å². The highest BCUT2D eigenvalue weighted by Crippen LogP contribution is 2.23. The van der Waals surface area contributed by atoms with Gasteiger partial charge in [-0.2, -0.15) is 0 Å². The molecule has 0 aliphatic heterocycles. The van der Waals surface area contributed by atoms with Crippen molar-refractivity contribution >= 4 is 5.78 Å². The van der Waals surface area contributed by atoms with Crippen molar-refractivity contribution in [3.63, 3.8) is 0 Å². The van der Waals surface area contributed by atoms with E-state index in [-0.39, 0.29) is 5.78 Å². The van der Waals surface area contributed by atoms with Crippen molar-refractivity contribution in [2.75, 3.05) is 13.6 Å². The Balaban J connectivity index is 2.04. The first-order valence-electron chi connectivity index (χ1n) is 6.87. The molecule has 100 valence electrons. The number of hydrogen-bond acceptors (Lipinski definition) is 2. The summed E-state index contributed by atoms with van der Waals surface area (Å²) in [6, 6.07) is 2.62. The van der Waals surface area contributed by atoms with Crippen LogP contribution < -0.4 is 0 Å². The van der Waals surface area contributed by atoms with Gasteiger partial charge < -0.3 is 4.57 Å². The predicted octanol–water partition coefficient (Wildman–Crippen LogP) is 2.70. The van der Waals surface area contributed by atoms with Crippen LogP contribution in [0.15, 0.2) is 6.07 Å². The summed E-state index contributed by atoms with van der Waals surface area (Å²) in [6.07, 6.45) is 5.12. The summed E-state index contributed by atoms with van der Waals surface area (Å²) in [7, 11) is 4.10. The average molecular weight is 248 g/mol. The van der Waals surface area contributed by atoms with Crippen LogP contribution in [0.4, 0.5) is 0 Å². The Bertz CT molecular complexity index is 442. The lowest BCUT2D eigenvalue weighted by Gasteiger charge is -2.23. The van der Waals surface area contributed by atoms with Gasteiger partial charge in [-0.05, 0) is 39.8 Å². The van der Waals surface area contributed by atoms with Crippen molar-refractivity contribution in [1.82, 2.24) is 9.47 Å². The molecule has 0 unspecified atom stereocenters. The zero-order valence-electron chi connectivity index (χ0n) is 12.0. The normalized spacial score (nSPS) is 16.7. The van der Waals surface area contributed by atoms with Crippen molar-refractivity contribution in [2.45, 2.75) is 45.6 Å². The molecule has 1 aromatic heterocycles. The summed E-state index contributed by atoms with van der Waals surface area (Å²) < 4.78 is 2.09. The third kappa shape index (κ3) is 2.51. The van der Waals surface area contributed by atoms with E-state index in [0.29, 0.717) is 12.6 Å². The third-order valence-corrected chi connectivity index (χ3v) is 4.42. The molecular formula is C15H24N2O. The van der Waals surface area contributed by atoms with E-state index in [9.17, 15) is 4.79 Å². The molecule has 1 aromatic rings. The van der Waals surface area contributed by atoms with Crippen LogP contribution in [0, 0.1) is 13.8 Å². The fourth-order valence-corrected chi connectivity index (χ4v) is 2.92. The molecule has 0 radical (unpaired) electrons. The monoisotopic (exact) mass is 248 g/mol. The fourth-order valence-electron chi connectivity index (χ4n) is 2.92. The first-order chi connectivity index (χ1) is 8.50. The first kappa shape index (κ1) is 13.3. The minimum absolute atomic E-state index is 0.255. The van der Waals surface area contributed by atoms with Gasteiger partial charge >= 0.3 is 0 Å². The van der Waals surface area contributed by atoms with Crippen molar-refractivity contribution in [3.05, 3.63) is 23.0 Å². The van der Waals surface area contributed by atoms with Gasteiger partial charge in [0.05, 0.1) is 6.54 Å². The molecule has 1 aliphatic rings. The van der Waals surface area contributed by atoms with Crippen LogP contribution in [-0.4, -0.2) is 34.9 Å². The van der Waals surface area contributed by atoms with Crippen LogP contribution in [0.1, 0.15) is 47.4 Å². The van der Waals surface area contributed by atoms with Gasteiger partial charge in [0.25, 0.3) is 0 Å². The summed E-state index contributed by atoms with van der Waals surface area (Å²) in [5.74, 6) is 0.255. The Morgan fingerprint density at radius 1 is 1.39 bits per heavy atom. The molecule has 1 heterocycles. The zero-order valence-corrected chi connectivity index (χ0v) is 12.0. The highest BCUT2D eigenvalue weighted by molar-refractivity contribution is 5.99. The number of aryl methyl sites for hydroxylation is 1. The molecule has 0 amide bonds. The van der Waals surface area contributed by atoms with Gasteiger partial charge in [-0.1, -0.05) is 12.8 Å². The van der Waals surface area contributed by atoms with Crippen LogP contribution in [0.3, 0.4) is 0 Å². The SMILES string of the molecule is Cc1cc(C(=O)CN(C)C2CCCC2)c(C)n1C. The minimum atomic E-state index is 0.255. The second-order valence-electron chi connectivity index (χ2n) is 5.62. The van der Waals surface area contributed by atoms with E-state index < -0.39 is 0 Å². The minimum Gasteiger partial charge on any atom is -0.351 e. The lowest BCUT2D eigenvalue weighted by Crippen LogP contribution is -2.34. The maximum atomic E-state index is 12.3. The van der Waals surface area contributed by atoms with Gasteiger partial charge in [0, 0.05) is 30.0 Å². The number of hydrogen-bond donors (Lipinski definition) is 0. The second kappa shape index (κ2) is 5.27. The molecule has 0 saturated heterocycles. The number of aromatic nitrogens is 1. The lowest BCUT2D eigenvalue weighted by molar-refractivity contribution is 0.0920. The highest BCUT2D eigenvalue weighted by Gasteiger charge is 2.23. The molecule has 0 N–H and O–H groups in total. The molecule has 0 aromatic carbocycles. The molecule has 1 saturated carbocycles. The molecule has 1 fully saturated rings. The Kier molecular flexibility index (Phi) is 3.91. The van der Waals surface area contributed by atoms with Crippen molar-refractivity contribution in [2.24, 2.45) is 7.05 Å². The summed E-state index contributed by atoms with van der Waals surface area (Å²) >= 11 is 0. The van der Waals surface area contributed by atoms with Crippen LogP contribution in [0.5, 0.6) is 0 Å². The predicted molar refractivity (Wildman–Crippen MR) is 74.1 cm³/mol. The first-order valence-corrected chi connectivity index (χ1v) is 6.87. The molecule has 2 rings (SSSR count).